The van der Waals surface area contributed by atoms with Gasteiger partial charge < -0.3 is 19.2 Å². The Kier molecular flexibility index (Phi) is 5.92. The van der Waals surface area contributed by atoms with Crippen LogP contribution in [-0.4, -0.2) is 12.1 Å². The van der Waals surface area contributed by atoms with Crippen molar-refractivity contribution in [1.29, 1.82) is 0 Å². The molecule has 5 nitrogen and oxygen atoms in total. The summed E-state index contributed by atoms with van der Waals surface area (Å²) in [7, 11) is 1.65. The van der Waals surface area contributed by atoms with Crippen molar-refractivity contribution in [3.63, 3.8) is 0 Å². The molecule has 1 atom stereocenters. The molecule has 2 heterocycles. The van der Waals surface area contributed by atoms with Crippen molar-refractivity contribution in [3.8, 4) is 11.5 Å². The van der Waals surface area contributed by atoms with Crippen molar-refractivity contribution in [2.24, 2.45) is 0 Å². The second kappa shape index (κ2) is 8.54. The van der Waals surface area contributed by atoms with Gasteiger partial charge in [0.2, 0.25) is 0 Å². The number of furan rings is 1. The van der Waals surface area contributed by atoms with Crippen molar-refractivity contribution in [1.82, 2.24) is 10.3 Å². The van der Waals surface area contributed by atoms with Gasteiger partial charge >= 0.3 is 0 Å². The van der Waals surface area contributed by atoms with Crippen LogP contribution in [0.15, 0.2) is 59.3 Å². The highest BCUT2D eigenvalue weighted by molar-refractivity contribution is 5.44. The molecule has 0 radical (unpaired) electrons. The van der Waals surface area contributed by atoms with Gasteiger partial charge in [-0.3, -0.25) is 4.98 Å². The SMILES string of the molecule is COc1cc(C(C)NCc2ccc(C)o2)ccc1OCc1ccncc1. The second-order valence-corrected chi connectivity index (χ2v) is 6.17. The van der Waals surface area contributed by atoms with Crippen LogP contribution in [0.5, 0.6) is 11.5 Å². The van der Waals surface area contributed by atoms with Gasteiger partial charge in [-0.05, 0) is 61.4 Å². The molecule has 0 bridgehead atoms. The largest absolute Gasteiger partial charge is 0.493 e. The average Bonchev–Trinajstić information content (AvgIpc) is 3.10. The summed E-state index contributed by atoms with van der Waals surface area (Å²) in [5.41, 5.74) is 2.19. The van der Waals surface area contributed by atoms with Gasteiger partial charge in [0.05, 0.1) is 13.7 Å². The van der Waals surface area contributed by atoms with Gasteiger partial charge in [0.15, 0.2) is 11.5 Å². The standard InChI is InChI=1S/C21H24N2O3/c1-15-4-6-19(26-15)13-23-16(2)18-5-7-20(21(12-18)24-3)25-14-17-8-10-22-11-9-17/h4-12,16,23H,13-14H2,1-3H3. The molecule has 0 saturated carbocycles. The number of methoxy groups -OCH3 is 1. The average molecular weight is 352 g/mol. The minimum absolute atomic E-state index is 0.156. The van der Waals surface area contributed by atoms with E-state index < -0.39 is 0 Å². The minimum Gasteiger partial charge on any atom is -0.493 e. The Hall–Kier alpha value is -2.79. The van der Waals surface area contributed by atoms with Crippen molar-refractivity contribution >= 4 is 0 Å². The first-order valence-electron chi connectivity index (χ1n) is 8.64. The molecule has 0 aliphatic rings. The lowest BCUT2D eigenvalue weighted by Crippen LogP contribution is -2.17. The van der Waals surface area contributed by atoms with E-state index in [1.807, 2.05) is 43.3 Å². The summed E-state index contributed by atoms with van der Waals surface area (Å²) in [6, 6.07) is 14.0. The first-order chi connectivity index (χ1) is 12.7. The molecule has 5 heteroatoms. The van der Waals surface area contributed by atoms with Crippen LogP contribution in [-0.2, 0) is 13.2 Å². The van der Waals surface area contributed by atoms with Gasteiger partial charge in [0, 0.05) is 18.4 Å². The number of rotatable bonds is 8. The predicted octanol–water partition coefficient (Wildman–Crippen LogP) is 4.42. The van der Waals surface area contributed by atoms with Crippen molar-refractivity contribution in [2.75, 3.05) is 7.11 Å². The van der Waals surface area contributed by atoms with Crippen molar-refractivity contribution in [3.05, 3.63) is 77.5 Å². The fourth-order valence-corrected chi connectivity index (χ4v) is 2.66. The highest BCUT2D eigenvalue weighted by Crippen LogP contribution is 2.31. The Morgan fingerprint density at radius 3 is 2.58 bits per heavy atom. The molecule has 26 heavy (non-hydrogen) atoms. The highest BCUT2D eigenvalue weighted by atomic mass is 16.5. The number of benzene rings is 1. The van der Waals surface area contributed by atoms with Crippen LogP contribution in [0.2, 0.25) is 0 Å². The Balaban J connectivity index is 1.63. The molecular formula is C21H24N2O3. The third kappa shape index (κ3) is 4.64. The number of hydrogen-bond acceptors (Lipinski definition) is 5. The highest BCUT2D eigenvalue weighted by Gasteiger charge is 2.11. The predicted molar refractivity (Wildman–Crippen MR) is 100 cm³/mol. The third-order valence-corrected chi connectivity index (χ3v) is 4.21. The molecule has 0 spiro atoms. The first-order valence-corrected chi connectivity index (χ1v) is 8.64. The van der Waals surface area contributed by atoms with Gasteiger partial charge in [-0.15, -0.1) is 0 Å². The van der Waals surface area contributed by atoms with Crippen LogP contribution < -0.4 is 14.8 Å². The van der Waals surface area contributed by atoms with E-state index in [9.17, 15) is 0 Å². The molecule has 3 rings (SSSR count). The molecular weight excluding hydrogens is 328 g/mol. The Labute approximate surface area is 154 Å². The van der Waals surface area contributed by atoms with Gasteiger partial charge in [0.25, 0.3) is 0 Å². The van der Waals surface area contributed by atoms with Crippen LogP contribution in [0.25, 0.3) is 0 Å². The van der Waals surface area contributed by atoms with Crippen LogP contribution in [0.3, 0.4) is 0 Å². The molecule has 136 valence electrons. The van der Waals surface area contributed by atoms with E-state index in [2.05, 4.69) is 23.3 Å². The van der Waals surface area contributed by atoms with Gasteiger partial charge in [-0.2, -0.15) is 0 Å². The summed E-state index contributed by atoms with van der Waals surface area (Å²) >= 11 is 0. The quantitative estimate of drug-likeness (QED) is 0.650. The van der Waals surface area contributed by atoms with E-state index in [0.717, 1.165) is 34.1 Å². The lowest BCUT2D eigenvalue weighted by molar-refractivity contribution is 0.284. The molecule has 1 aromatic carbocycles. The smallest absolute Gasteiger partial charge is 0.161 e. The second-order valence-electron chi connectivity index (χ2n) is 6.17. The Morgan fingerprint density at radius 1 is 1.08 bits per heavy atom. The van der Waals surface area contributed by atoms with Crippen molar-refractivity contribution < 1.29 is 13.9 Å². The number of pyridine rings is 1. The molecule has 0 saturated heterocycles. The van der Waals surface area contributed by atoms with E-state index in [1.165, 1.54) is 0 Å². The zero-order valence-corrected chi connectivity index (χ0v) is 15.4. The lowest BCUT2D eigenvalue weighted by Gasteiger charge is -2.17. The molecule has 1 unspecified atom stereocenters. The fraction of sp³-hybridized carbons (Fsp3) is 0.286. The number of aromatic nitrogens is 1. The van der Waals surface area contributed by atoms with Crippen LogP contribution in [0.4, 0.5) is 0 Å². The topological polar surface area (TPSA) is 56.5 Å². The number of ether oxygens (including phenoxy) is 2. The van der Waals surface area contributed by atoms with E-state index in [1.54, 1.807) is 19.5 Å². The minimum atomic E-state index is 0.156. The summed E-state index contributed by atoms with van der Waals surface area (Å²) in [5, 5.41) is 3.46. The van der Waals surface area contributed by atoms with E-state index >= 15 is 0 Å². The first kappa shape index (κ1) is 18.0. The molecule has 3 aromatic rings. The molecule has 1 N–H and O–H groups in total. The normalized spacial score (nSPS) is 12.0. The zero-order chi connectivity index (χ0) is 18.4. The summed E-state index contributed by atoms with van der Waals surface area (Å²) in [6.07, 6.45) is 3.51. The molecule has 0 aliphatic carbocycles. The summed E-state index contributed by atoms with van der Waals surface area (Å²) in [5.74, 6) is 3.30. The summed E-state index contributed by atoms with van der Waals surface area (Å²) in [4.78, 5) is 4.01. The number of hydrogen-bond donors (Lipinski definition) is 1. The maximum absolute atomic E-state index is 5.89. The maximum Gasteiger partial charge on any atom is 0.161 e. The van der Waals surface area contributed by atoms with Crippen LogP contribution in [0.1, 0.15) is 35.6 Å². The van der Waals surface area contributed by atoms with Crippen LogP contribution >= 0.6 is 0 Å². The molecule has 0 aliphatic heterocycles. The number of nitrogens with one attached hydrogen (secondary N) is 1. The van der Waals surface area contributed by atoms with E-state index in [0.29, 0.717) is 13.2 Å². The number of aryl methyl sites for hydroxylation is 1. The lowest BCUT2D eigenvalue weighted by atomic mass is 10.1. The fourth-order valence-electron chi connectivity index (χ4n) is 2.66. The van der Waals surface area contributed by atoms with Crippen molar-refractivity contribution in [2.45, 2.75) is 33.0 Å². The van der Waals surface area contributed by atoms with E-state index in [4.69, 9.17) is 13.9 Å². The summed E-state index contributed by atoms with van der Waals surface area (Å²) < 4.78 is 17.0. The van der Waals surface area contributed by atoms with E-state index in [-0.39, 0.29) is 6.04 Å². The maximum atomic E-state index is 5.89. The zero-order valence-electron chi connectivity index (χ0n) is 15.4. The van der Waals surface area contributed by atoms with Crippen LogP contribution in [0, 0.1) is 6.92 Å². The monoisotopic (exact) mass is 352 g/mol. The van der Waals surface area contributed by atoms with Gasteiger partial charge in [0.1, 0.15) is 18.1 Å². The Morgan fingerprint density at radius 2 is 1.88 bits per heavy atom. The molecule has 0 fully saturated rings. The molecule has 2 aromatic heterocycles. The summed E-state index contributed by atoms with van der Waals surface area (Å²) in [6.45, 7) is 5.21. The Bertz CT molecular complexity index is 830. The number of nitrogens with zero attached hydrogens (tertiary/aromatic N) is 1. The van der Waals surface area contributed by atoms with Gasteiger partial charge in [-0.1, -0.05) is 6.07 Å². The third-order valence-electron chi connectivity index (χ3n) is 4.21. The van der Waals surface area contributed by atoms with Gasteiger partial charge in [-0.25, -0.2) is 0 Å². The molecule has 0 amide bonds.